The predicted octanol–water partition coefficient (Wildman–Crippen LogP) is 5.59. The molecule has 0 spiro atoms. The van der Waals surface area contributed by atoms with E-state index in [2.05, 4.69) is 40.8 Å². The van der Waals surface area contributed by atoms with Crippen molar-refractivity contribution in [3.05, 3.63) is 65.1 Å². The van der Waals surface area contributed by atoms with Crippen molar-refractivity contribution in [1.82, 2.24) is 24.8 Å². The number of aromatic nitrogens is 4. The lowest BCUT2D eigenvalue weighted by Gasteiger charge is -2.26. The molecule has 2 aromatic carbocycles. The van der Waals surface area contributed by atoms with Crippen molar-refractivity contribution in [2.45, 2.75) is 19.1 Å². The molecule has 0 amide bonds. The second kappa shape index (κ2) is 13.4. The first-order valence-corrected chi connectivity index (χ1v) is 13.7. The monoisotopic (exact) mass is 602 g/mol. The van der Waals surface area contributed by atoms with Gasteiger partial charge in [0.05, 0.1) is 42.8 Å². The van der Waals surface area contributed by atoms with Crippen molar-refractivity contribution in [3.63, 3.8) is 0 Å². The Bertz CT molecular complexity index is 1520. The number of nitrogens with one attached hydrogen (secondary N) is 3. The third-order valence-corrected chi connectivity index (χ3v) is 7.03. The third-order valence-electron chi connectivity index (χ3n) is 6.70. The van der Waals surface area contributed by atoms with E-state index in [0.29, 0.717) is 45.7 Å². The maximum atomic E-state index is 13.4. The van der Waals surface area contributed by atoms with E-state index < -0.39 is 11.7 Å². The Morgan fingerprint density at radius 2 is 1.88 bits per heavy atom. The standard InChI is InChI=1S/C28H30ClF3N8O2/c1-41-24-6-4-19(14-20(24)28(30,31)32)34-15-18-3-5-21(29)22(13-18)38-26-25-23(36-17-37-26)16-35-27(39-25)33-7-2-8-40-9-11-42-12-10-40/h3-6,13-14,16-17,34H,2,7-12,15H2,1H3,(H,33,35,39)(H,36,37,38). The summed E-state index contributed by atoms with van der Waals surface area (Å²) < 4.78 is 50.5. The molecule has 10 nitrogen and oxygen atoms in total. The van der Waals surface area contributed by atoms with E-state index in [-0.39, 0.29) is 12.3 Å². The van der Waals surface area contributed by atoms with Crippen LogP contribution in [0, 0.1) is 0 Å². The molecule has 0 unspecified atom stereocenters. The zero-order valence-corrected chi connectivity index (χ0v) is 23.6. The molecule has 5 rings (SSSR count). The lowest BCUT2D eigenvalue weighted by molar-refractivity contribution is -0.138. The molecule has 1 saturated heterocycles. The topological polar surface area (TPSA) is 109 Å². The minimum absolute atomic E-state index is 0.238. The van der Waals surface area contributed by atoms with Crippen LogP contribution in [0.25, 0.3) is 11.0 Å². The average molecular weight is 603 g/mol. The first-order chi connectivity index (χ1) is 20.3. The van der Waals surface area contributed by atoms with Crippen LogP contribution in [0.1, 0.15) is 17.5 Å². The summed E-state index contributed by atoms with van der Waals surface area (Å²) in [5.41, 5.74) is 1.86. The maximum absolute atomic E-state index is 13.4. The number of fused-ring (bicyclic) bond motifs is 1. The van der Waals surface area contributed by atoms with Gasteiger partial charge < -0.3 is 25.4 Å². The van der Waals surface area contributed by atoms with Crippen LogP contribution in [-0.2, 0) is 17.5 Å². The fourth-order valence-corrected chi connectivity index (χ4v) is 4.67. The molecule has 2 aromatic heterocycles. The number of hydrogen-bond donors (Lipinski definition) is 3. The fraction of sp³-hybridized carbons (Fsp3) is 0.357. The highest BCUT2D eigenvalue weighted by atomic mass is 35.5. The number of hydrogen-bond acceptors (Lipinski definition) is 10. The van der Waals surface area contributed by atoms with Crippen LogP contribution in [0.15, 0.2) is 48.9 Å². The van der Waals surface area contributed by atoms with Crippen LogP contribution in [0.5, 0.6) is 5.75 Å². The van der Waals surface area contributed by atoms with Gasteiger partial charge in [-0.25, -0.2) is 19.9 Å². The zero-order chi connectivity index (χ0) is 29.5. The van der Waals surface area contributed by atoms with Crippen molar-refractivity contribution < 1.29 is 22.6 Å². The zero-order valence-electron chi connectivity index (χ0n) is 22.8. The molecule has 14 heteroatoms. The van der Waals surface area contributed by atoms with Crippen LogP contribution < -0.4 is 20.7 Å². The lowest BCUT2D eigenvalue weighted by atomic mass is 10.1. The van der Waals surface area contributed by atoms with Gasteiger partial charge in [-0.15, -0.1) is 0 Å². The van der Waals surface area contributed by atoms with Crippen molar-refractivity contribution in [1.29, 1.82) is 0 Å². The SMILES string of the molecule is COc1ccc(NCc2ccc(Cl)c(Nc3ncnc4cnc(NCCCN5CCOCC5)nc34)c2)cc1C(F)(F)F. The summed E-state index contributed by atoms with van der Waals surface area (Å²) >= 11 is 6.48. The molecule has 222 valence electrons. The minimum atomic E-state index is -4.54. The number of halogens is 4. The summed E-state index contributed by atoms with van der Waals surface area (Å²) in [6.45, 7) is 5.35. The molecule has 1 aliphatic heterocycles. The van der Waals surface area contributed by atoms with Crippen molar-refractivity contribution in [3.8, 4) is 5.75 Å². The molecule has 1 fully saturated rings. The van der Waals surface area contributed by atoms with Crippen LogP contribution in [0.3, 0.4) is 0 Å². The first-order valence-electron chi connectivity index (χ1n) is 13.4. The smallest absolute Gasteiger partial charge is 0.420 e. The molecule has 1 aliphatic rings. The van der Waals surface area contributed by atoms with Crippen molar-refractivity contribution >= 4 is 45.8 Å². The molecule has 3 N–H and O–H groups in total. The van der Waals surface area contributed by atoms with Crippen LogP contribution in [-0.4, -0.2) is 71.3 Å². The average Bonchev–Trinajstić information content (AvgIpc) is 3.00. The summed E-state index contributed by atoms with van der Waals surface area (Å²) in [5.74, 6) is 0.665. The van der Waals surface area contributed by atoms with E-state index in [1.54, 1.807) is 24.4 Å². The summed E-state index contributed by atoms with van der Waals surface area (Å²) in [5, 5.41) is 9.95. The van der Waals surface area contributed by atoms with E-state index in [1.807, 2.05) is 0 Å². The fourth-order valence-electron chi connectivity index (χ4n) is 4.51. The highest BCUT2D eigenvalue weighted by Crippen LogP contribution is 2.38. The summed E-state index contributed by atoms with van der Waals surface area (Å²) in [6, 6.07) is 9.13. The Morgan fingerprint density at radius 1 is 1.05 bits per heavy atom. The van der Waals surface area contributed by atoms with E-state index >= 15 is 0 Å². The van der Waals surface area contributed by atoms with Gasteiger partial charge in [-0.3, -0.25) is 4.90 Å². The highest BCUT2D eigenvalue weighted by Gasteiger charge is 2.34. The Balaban J connectivity index is 1.26. The number of nitrogens with zero attached hydrogens (tertiary/aromatic N) is 5. The molecule has 4 aromatic rings. The summed E-state index contributed by atoms with van der Waals surface area (Å²) in [4.78, 5) is 20.0. The third kappa shape index (κ3) is 7.46. The Kier molecular flexibility index (Phi) is 9.40. The lowest BCUT2D eigenvalue weighted by Crippen LogP contribution is -2.37. The van der Waals surface area contributed by atoms with Crippen molar-refractivity contribution in [2.75, 3.05) is 62.5 Å². The van der Waals surface area contributed by atoms with Gasteiger partial charge in [0.2, 0.25) is 5.95 Å². The van der Waals surface area contributed by atoms with E-state index in [9.17, 15) is 13.2 Å². The molecule has 3 heterocycles. The highest BCUT2D eigenvalue weighted by molar-refractivity contribution is 6.33. The summed E-state index contributed by atoms with van der Waals surface area (Å²) in [6.07, 6.45) is -0.568. The van der Waals surface area contributed by atoms with E-state index in [1.165, 1.54) is 25.6 Å². The summed E-state index contributed by atoms with van der Waals surface area (Å²) in [7, 11) is 1.21. The quantitative estimate of drug-likeness (QED) is 0.188. The van der Waals surface area contributed by atoms with E-state index in [4.69, 9.17) is 21.1 Å². The molecule has 0 aliphatic carbocycles. The number of anilines is 4. The molecular weight excluding hydrogens is 573 g/mol. The molecule has 42 heavy (non-hydrogen) atoms. The van der Waals surface area contributed by atoms with Crippen LogP contribution in [0.2, 0.25) is 5.02 Å². The van der Waals surface area contributed by atoms with Crippen LogP contribution >= 0.6 is 11.6 Å². The molecule has 0 radical (unpaired) electrons. The number of ether oxygens (including phenoxy) is 2. The molecular formula is C28H30ClF3N8O2. The van der Waals surface area contributed by atoms with Gasteiger partial charge in [-0.2, -0.15) is 13.2 Å². The van der Waals surface area contributed by atoms with Gasteiger partial charge in [0.25, 0.3) is 0 Å². The molecule has 0 saturated carbocycles. The maximum Gasteiger partial charge on any atom is 0.420 e. The molecule has 0 bridgehead atoms. The van der Waals surface area contributed by atoms with Gasteiger partial charge in [-0.05, 0) is 48.9 Å². The van der Waals surface area contributed by atoms with Gasteiger partial charge in [0.1, 0.15) is 23.1 Å². The van der Waals surface area contributed by atoms with Gasteiger partial charge in [0, 0.05) is 31.9 Å². The van der Waals surface area contributed by atoms with Crippen molar-refractivity contribution in [2.24, 2.45) is 0 Å². The number of benzene rings is 2. The Labute approximate surface area is 245 Å². The van der Waals surface area contributed by atoms with E-state index in [0.717, 1.165) is 50.9 Å². The predicted molar refractivity (Wildman–Crippen MR) is 156 cm³/mol. The number of methoxy groups -OCH3 is 1. The van der Waals surface area contributed by atoms with Gasteiger partial charge in [-0.1, -0.05) is 17.7 Å². The Morgan fingerprint density at radius 3 is 2.67 bits per heavy atom. The second-order valence-electron chi connectivity index (χ2n) is 9.59. The molecule has 0 atom stereocenters. The first kappa shape index (κ1) is 29.5. The second-order valence-corrected chi connectivity index (χ2v) is 10.00. The normalized spacial score (nSPS) is 14.1. The number of alkyl halides is 3. The van der Waals surface area contributed by atoms with Gasteiger partial charge in [0.15, 0.2) is 5.82 Å². The minimum Gasteiger partial charge on any atom is -0.496 e. The number of rotatable bonds is 11. The Hall–Kier alpha value is -3.94. The van der Waals surface area contributed by atoms with Gasteiger partial charge >= 0.3 is 6.18 Å². The van der Waals surface area contributed by atoms with Crippen LogP contribution in [0.4, 0.5) is 36.3 Å². The number of morpholine rings is 1. The largest absolute Gasteiger partial charge is 0.496 e.